The second-order valence-electron chi connectivity index (χ2n) is 8.02. The number of halogens is 2. The van der Waals surface area contributed by atoms with Crippen molar-refractivity contribution in [3.8, 4) is 0 Å². The Balaban J connectivity index is 1.63. The van der Waals surface area contributed by atoms with Crippen LogP contribution in [0.5, 0.6) is 0 Å². The Hall–Kier alpha value is -3.80. The van der Waals surface area contributed by atoms with Crippen molar-refractivity contribution in [2.45, 2.75) is 0 Å². The Morgan fingerprint density at radius 1 is 0.571 bits per heavy atom. The van der Waals surface area contributed by atoms with Crippen LogP contribution in [-0.2, 0) is 0 Å². The van der Waals surface area contributed by atoms with E-state index in [0.717, 1.165) is 17.1 Å². The topological polar surface area (TPSA) is 60.9 Å². The van der Waals surface area contributed by atoms with Gasteiger partial charge >= 0.3 is 5.97 Å². The van der Waals surface area contributed by atoms with E-state index in [0.29, 0.717) is 26.9 Å². The summed E-state index contributed by atoms with van der Waals surface area (Å²) in [6.07, 6.45) is 0. The van der Waals surface area contributed by atoms with Gasteiger partial charge in [-0.25, -0.2) is 4.79 Å². The SMILES string of the molecule is CN(c1ccc(Cl)cc1)c1ccc(C(=O)c2cc(C(=O)O)cc(N(C)c3ccc(Cl)cc3)c2)cc1. The van der Waals surface area contributed by atoms with Crippen molar-refractivity contribution >= 4 is 57.7 Å². The molecule has 0 spiro atoms. The van der Waals surface area contributed by atoms with E-state index in [-0.39, 0.29) is 11.3 Å². The second-order valence-corrected chi connectivity index (χ2v) is 8.89. The van der Waals surface area contributed by atoms with E-state index in [9.17, 15) is 14.7 Å². The van der Waals surface area contributed by atoms with Crippen LogP contribution in [0.4, 0.5) is 22.7 Å². The van der Waals surface area contributed by atoms with Crippen molar-refractivity contribution in [2.75, 3.05) is 23.9 Å². The molecule has 0 amide bonds. The summed E-state index contributed by atoms with van der Waals surface area (Å²) in [7, 11) is 3.73. The molecule has 0 aliphatic heterocycles. The first-order valence-corrected chi connectivity index (χ1v) is 11.5. The predicted molar refractivity (Wildman–Crippen MR) is 142 cm³/mol. The van der Waals surface area contributed by atoms with Gasteiger partial charge in [-0.3, -0.25) is 4.79 Å². The maximum Gasteiger partial charge on any atom is 0.335 e. The molecule has 0 aliphatic carbocycles. The minimum absolute atomic E-state index is 0.0331. The average Bonchev–Trinajstić information content (AvgIpc) is 2.88. The molecule has 0 saturated heterocycles. The largest absolute Gasteiger partial charge is 0.478 e. The number of carboxylic acids is 1. The first-order chi connectivity index (χ1) is 16.7. The lowest BCUT2D eigenvalue weighted by atomic mass is 9.99. The summed E-state index contributed by atoms with van der Waals surface area (Å²) < 4.78 is 0. The van der Waals surface area contributed by atoms with Crippen LogP contribution >= 0.6 is 23.2 Å². The van der Waals surface area contributed by atoms with Crippen LogP contribution < -0.4 is 9.80 Å². The molecule has 0 heterocycles. The van der Waals surface area contributed by atoms with Crippen molar-refractivity contribution in [3.63, 3.8) is 0 Å². The van der Waals surface area contributed by atoms with Gasteiger partial charge < -0.3 is 14.9 Å². The van der Waals surface area contributed by atoms with E-state index in [1.807, 2.05) is 65.4 Å². The van der Waals surface area contributed by atoms with Gasteiger partial charge in [-0.15, -0.1) is 0 Å². The highest BCUT2D eigenvalue weighted by molar-refractivity contribution is 6.31. The zero-order valence-corrected chi connectivity index (χ0v) is 20.6. The Morgan fingerprint density at radius 3 is 1.43 bits per heavy atom. The Bertz CT molecular complexity index is 1370. The fraction of sp³-hybridized carbons (Fsp3) is 0.0714. The number of anilines is 4. The van der Waals surface area contributed by atoms with E-state index in [1.165, 1.54) is 12.1 Å². The number of hydrogen-bond donors (Lipinski definition) is 1. The van der Waals surface area contributed by atoms with Crippen molar-refractivity contribution in [1.29, 1.82) is 0 Å². The van der Waals surface area contributed by atoms with Crippen molar-refractivity contribution in [2.24, 2.45) is 0 Å². The second kappa shape index (κ2) is 10.2. The maximum absolute atomic E-state index is 13.3. The lowest BCUT2D eigenvalue weighted by Gasteiger charge is -2.21. The van der Waals surface area contributed by atoms with Gasteiger partial charge in [-0.05, 0) is 91.0 Å². The number of benzene rings is 4. The minimum atomic E-state index is -1.11. The van der Waals surface area contributed by atoms with Gasteiger partial charge in [0.15, 0.2) is 5.78 Å². The summed E-state index contributed by atoms with van der Waals surface area (Å²) in [4.78, 5) is 28.9. The molecule has 0 saturated carbocycles. The molecule has 0 aliphatic rings. The molecule has 176 valence electrons. The minimum Gasteiger partial charge on any atom is -0.478 e. The van der Waals surface area contributed by atoms with Crippen molar-refractivity contribution in [1.82, 2.24) is 0 Å². The summed E-state index contributed by atoms with van der Waals surface area (Å²) in [6.45, 7) is 0. The molecule has 4 aromatic carbocycles. The van der Waals surface area contributed by atoms with Crippen LogP contribution in [0.25, 0.3) is 0 Å². The normalized spacial score (nSPS) is 10.6. The van der Waals surface area contributed by atoms with Crippen molar-refractivity contribution in [3.05, 3.63) is 118 Å². The molecule has 0 radical (unpaired) electrons. The molecule has 4 rings (SSSR count). The maximum atomic E-state index is 13.3. The van der Waals surface area contributed by atoms with E-state index in [4.69, 9.17) is 23.2 Å². The molecule has 0 atom stereocenters. The van der Waals surface area contributed by atoms with Gasteiger partial charge in [0.05, 0.1) is 5.56 Å². The van der Waals surface area contributed by atoms with Gasteiger partial charge in [0.1, 0.15) is 0 Å². The van der Waals surface area contributed by atoms with Crippen LogP contribution in [0.1, 0.15) is 26.3 Å². The molecule has 0 bridgehead atoms. The molecular formula is C28H22Cl2N2O3. The van der Waals surface area contributed by atoms with Crippen LogP contribution in [0.3, 0.4) is 0 Å². The van der Waals surface area contributed by atoms with Gasteiger partial charge in [0.25, 0.3) is 0 Å². The standard InChI is InChI=1S/C28H22Cl2N2O3/c1-31(24-11-5-21(29)6-12-24)23-9-3-18(4-10-23)27(33)19-15-20(28(34)35)17-26(16-19)32(2)25-13-7-22(30)8-14-25/h3-17H,1-2H3,(H,34,35). The smallest absolute Gasteiger partial charge is 0.335 e. The van der Waals surface area contributed by atoms with E-state index in [1.54, 1.807) is 37.4 Å². The van der Waals surface area contributed by atoms with Crippen LogP contribution in [0, 0.1) is 0 Å². The Kier molecular flexibility index (Phi) is 7.10. The highest BCUT2D eigenvalue weighted by Crippen LogP contribution is 2.29. The van der Waals surface area contributed by atoms with Crippen molar-refractivity contribution < 1.29 is 14.7 Å². The zero-order valence-electron chi connectivity index (χ0n) is 19.1. The molecule has 4 aromatic rings. The van der Waals surface area contributed by atoms with Gasteiger partial charge in [-0.2, -0.15) is 0 Å². The third-order valence-corrected chi connectivity index (χ3v) is 6.26. The molecule has 0 fully saturated rings. The average molecular weight is 505 g/mol. The predicted octanol–water partition coefficient (Wildman–Crippen LogP) is 7.46. The van der Waals surface area contributed by atoms with Crippen LogP contribution in [-0.4, -0.2) is 31.0 Å². The van der Waals surface area contributed by atoms with Crippen LogP contribution in [0.15, 0.2) is 91.0 Å². The third kappa shape index (κ3) is 5.48. The number of aromatic carboxylic acids is 1. The van der Waals surface area contributed by atoms with Crippen LogP contribution in [0.2, 0.25) is 10.0 Å². The fourth-order valence-electron chi connectivity index (χ4n) is 3.69. The Morgan fingerprint density at radius 2 is 0.971 bits per heavy atom. The molecule has 35 heavy (non-hydrogen) atoms. The quantitative estimate of drug-likeness (QED) is 0.264. The number of rotatable bonds is 7. The van der Waals surface area contributed by atoms with Gasteiger partial charge in [0, 0.05) is 58.0 Å². The monoisotopic (exact) mass is 504 g/mol. The summed E-state index contributed by atoms with van der Waals surface area (Å²) >= 11 is 12.0. The Labute approximate surface area is 213 Å². The van der Waals surface area contributed by atoms with Gasteiger partial charge in [0.2, 0.25) is 0 Å². The first-order valence-electron chi connectivity index (χ1n) is 10.7. The third-order valence-electron chi connectivity index (χ3n) is 5.76. The first kappa shape index (κ1) is 24.3. The number of hydrogen-bond acceptors (Lipinski definition) is 4. The number of carbonyl (C=O) groups excluding carboxylic acids is 1. The lowest BCUT2D eigenvalue weighted by molar-refractivity contribution is 0.0697. The van der Waals surface area contributed by atoms with E-state index in [2.05, 4.69) is 0 Å². The number of carboxylic acid groups (broad SMARTS) is 1. The lowest BCUT2D eigenvalue weighted by Crippen LogP contribution is -2.13. The summed E-state index contributed by atoms with van der Waals surface area (Å²) in [5.74, 6) is -1.37. The summed E-state index contributed by atoms with van der Waals surface area (Å²) in [6, 6.07) is 26.4. The van der Waals surface area contributed by atoms with E-state index < -0.39 is 5.97 Å². The highest BCUT2D eigenvalue weighted by atomic mass is 35.5. The summed E-state index contributed by atoms with van der Waals surface area (Å²) in [5.41, 5.74) is 4.02. The molecule has 5 nitrogen and oxygen atoms in total. The molecule has 0 unspecified atom stereocenters. The molecular weight excluding hydrogens is 483 g/mol. The summed E-state index contributed by atoms with van der Waals surface area (Å²) in [5, 5.41) is 10.9. The number of ketones is 1. The number of carbonyl (C=O) groups is 2. The molecule has 1 N–H and O–H groups in total. The van der Waals surface area contributed by atoms with E-state index >= 15 is 0 Å². The van der Waals surface area contributed by atoms with Gasteiger partial charge in [-0.1, -0.05) is 23.2 Å². The highest BCUT2D eigenvalue weighted by Gasteiger charge is 2.17. The molecule has 0 aromatic heterocycles. The molecule has 7 heteroatoms. The fourth-order valence-corrected chi connectivity index (χ4v) is 3.94. The number of nitrogens with zero attached hydrogens (tertiary/aromatic N) is 2. The zero-order chi connectivity index (χ0) is 25.1.